The zero-order valence-electron chi connectivity index (χ0n) is 12.3. The second kappa shape index (κ2) is 10.6. The van der Waals surface area contributed by atoms with E-state index in [1.54, 1.807) is 24.5 Å². The van der Waals surface area contributed by atoms with E-state index in [9.17, 15) is 19.8 Å². The van der Waals surface area contributed by atoms with Gasteiger partial charge in [0, 0.05) is 25.5 Å². The van der Waals surface area contributed by atoms with Gasteiger partial charge in [-0.2, -0.15) is 0 Å². The molecule has 7 nitrogen and oxygen atoms in total. The van der Waals surface area contributed by atoms with Crippen molar-refractivity contribution in [3.05, 3.63) is 57.4 Å². The van der Waals surface area contributed by atoms with Gasteiger partial charge in [0.1, 0.15) is 0 Å². The molecule has 0 aliphatic rings. The van der Waals surface area contributed by atoms with Crippen molar-refractivity contribution in [3.63, 3.8) is 0 Å². The minimum absolute atomic E-state index is 0.440. The van der Waals surface area contributed by atoms with Crippen LogP contribution < -0.4 is 21.3 Å². The molecule has 0 aromatic carbocycles. The Bertz CT molecular complexity index is 637. The first-order valence-electron chi connectivity index (χ1n) is 6.42. The molecule has 2 rings (SSSR count). The quantitative estimate of drug-likeness (QED) is 0.748. The fourth-order valence-electron chi connectivity index (χ4n) is 1.53. The number of rotatable bonds is 2. The maximum atomic E-state index is 10.9. The van der Waals surface area contributed by atoms with E-state index in [4.69, 9.17) is 3.67 Å². The molecule has 0 spiro atoms. The van der Waals surface area contributed by atoms with E-state index in [2.05, 4.69) is 0 Å². The van der Waals surface area contributed by atoms with Gasteiger partial charge in [-0.15, -0.1) is 0 Å². The number of hydrogen-bond donors (Lipinski definition) is 0. The zero-order chi connectivity index (χ0) is 17.1. The number of hydrogen-bond acceptors (Lipinski definition) is 5. The Morgan fingerprint density at radius 3 is 1.41 bits per heavy atom. The van der Waals surface area contributed by atoms with Crippen molar-refractivity contribution in [1.82, 2.24) is 9.13 Å². The van der Waals surface area contributed by atoms with Crippen LogP contribution in [0.5, 0.6) is 11.5 Å². The van der Waals surface area contributed by atoms with Crippen LogP contribution in [-0.4, -0.2) is 9.13 Å². The molecule has 2 aromatic heterocycles. The van der Waals surface area contributed by atoms with Gasteiger partial charge in [-0.25, -0.2) is 0 Å². The van der Waals surface area contributed by atoms with Crippen molar-refractivity contribution >= 4 is 0 Å². The van der Waals surface area contributed by atoms with Gasteiger partial charge in [0.15, 0.2) is 0 Å². The van der Waals surface area contributed by atoms with Gasteiger partial charge in [-0.3, -0.25) is 9.59 Å². The summed E-state index contributed by atoms with van der Waals surface area (Å²) < 4.78 is 10.9. The van der Waals surface area contributed by atoms with Crippen molar-refractivity contribution in [2.24, 2.45) is 0 Å². The molecule has 0 aliphatic carbocycles. The average molecular weight is 343 g/mol. The van der Waals surface area contributed by atoms with Crippen LogP contribution in [0, 0.1) is 0 Å². The summed E-state index contributed by atoms with van der Waals surface area (Å²) in [6, 6.07) is 5.70. The monoisotopic (exact) mass is 343 g/mol. The zero-order valence-corrected chi connectivity index (χ0v) is 13.7. The molecule has 22 heavy (non-hydrogen) atoms. The first-order valence-corrected chi connectivity index (χ1v) is 6.99. The van der Waals surface area contributed by atoms with Crippen LogP contribution in [0.2, 0.25) is 0 Å². The molecular weight excluding hydrogens is 327 g/mol. The van der Waals surface area contributed by atoms with Crippen molar-refractivity contribution in [2.75, 3.05) is 0 Å². The van der Waals surface area contributed by atoms with Crippen LogP contribution in [0.1, 0.15) is 13.8 Å². The first-order chi connectivity index (χ1) is 10.5. The third-order valence-corrected chi connectivity index (χ3v) is 2.65. The predicted octanol–water partition coefficient (Wildman–Crippen LogP) is -0.238. The summed E-state index contributed by atoms with van der Waals surface area (Å²) in [5, 5.41) is 21.3. The topological polar surface area (TPSA) is 107 Å². The standard InChI is InChI=1S/2C7H9NO2.O.V/c2*1-2-8-5-3-4-6(9)7(8)10;;/h2*3-5,9H,2H2,1H3;;/q;;;+2/p-2. The summed E-state index contributed by atoms with van der Waals surface area (Å²) in [6.45, 7) is 4.74. The van der Waals surface area contributed by atoms with Crippen molar-refractivity contribution in [3.8, 4) is 11.5 Å². The van der Waals surface area contributed by atoms with Gasteiger partial charge in [-0.05, 0) is 37.5 Å². The van der Waals surface area contributed by atoms with Gasteiger partial charge < -0.3 is 19.3 Å². The molecule has 0 amide bonds. The van der Waals surface area contributed by atoms with Gasteiger partial charge in [0.05, 0.1) is 0 Å². The van der Waals surface area contributed by atoms with E-state index in [-0.39, 0.29) is 0 Å². The van der Waals surface area contributed by atoms with E-state index < -0.39 is 22.6 Å². The summed E-state index contributed by atoms with van der Waals surface area (Å²) in [5.41, 5.74) is -0.880. The van der Waals surface area contributed by atoms with E-state index >= 15 is 0 Å². The van der Waals surface area contributed by atoms with Crippen molar-refractivity contribution in [2.45, 2.75) is 26.9 Å². The van der Waals surface area contributed by atoms with Crippen LogP contribution in [0.25, 0.3) is 0 Å². The second-order valence-electron chi connectivity index (χ2n) is 3.93. The molecular formula is C14H16N2O5V. The Morgan fingerprint density at radius 2 is 1.18 bits per heavy atom. The van der Waals surface area contributed by atoms with Gasteiger partial charge >= 0.3 is 21.0 Å². The van der Waals surface area contributed by atoms with Crippen LogP contribution >= 0.6 is 0 Å². The van der Waals surface area contributed by atoms with Gasteiger partial charge in [0.2, 0.25) is 11.1 Å². The summed E-state index contributed by atoms with van der Waals surface area (Å²) >= 11 is 1.06. The molecule has 2 heterocycles. The van der Waals surface area contributed by atoms with E-state index in [0.29, 0.717) is 13.1 Å². The summed E-state index contributed by atoms with van der Waals surface area (Å²) in [6.07, 6.45) is 3.20. The molecule has 2 aromatic rings. The summed E-state index contributed by atoms with van der Waals surface area (Å²) in [5.74, 6) is -0.881. The average Bonchev–Trinajstić information content (AvgIpc) is 2.55. The van der Waals surface area contributed by atoms with Crippen LogP contribution in [0.3, 0.4) is 0 Å². The molecule has 0 bridgehead atoms. The van der Waals surface area contributed by atoms with Crippen LogP contribution in [0.4, 0.5) is 0 Å². The van der Waals surface area contributed by atoms with E-state index in [1.165, 1.54) is 21.3 Å². The molecule has 117 valence electrons. The Morgan fingerprint density at radius 1 is 0.864 bits per heavy atom. The molecule has 0 unspecified atom stereocenters. The van der Waals surface area contributed by atoms with E-state index in [0.717, 1.165) is 17.4 Å². The van der Waals surface area contributed by atoms with E-state index in [1.807, 2.05) is 13.8 Å². The predicted molar refractivity (Wildman–Crippen MR) is 72.3 cm³/mol. The second-order valence-corrected chi connectivity index (χ2v) is 3.93. The van der Waals surface area contributed by atoms with Crippen molar-refractivity contribution < 1.29 is 31.3 Å². The maximum absolute atomic E-state index is 10.9. The molecule has 0 atom stereocenters. The van der Waals surface area contributed by atoms with Crippen LogP contribution in [-0.2, 0) is 34.1 Å². The Hall–Kier alpha value is -2.12. The van der Waals surface area contributed by atoms with Crippen molar-refractivity contribution in [1.29, 1.82) is 0 Å². The summed E-state index contributed by atoms with van der Waals surface area (Å²) in [4.78, 5) is 21.7. The Kier molecular flexibility index (Phi) is 9.57. The first kappa shape index (κ1) is 19.9. The Labute approximate surface area is 136 Å². The third-order valence-electron chi connectivity index (χ3n) is 2.65. The molecule has 0 fully saturated rings. The Balaban J connectivity index is 0.000000360. The number of nitrogens with zero attached hydrogens (tertiary/aromatic N) is 2. The fourth-order valence-corrected chi connectivity index (χ4v) is 1.53. The minimum atomic E-state index is -0.440. The molecule has 0 saturated heterocycles. The molecule has 0 saturated carbocycles. The fraction of sp³-hybridized carbons (Fsp3) is 0.286. The third kappa shape index (κ3) is 5.71. The molecule has 8 heteroatoms. The summed E-state index contributed by atoms with van der Waals surface area (Å²) in [7, 11) is 0. The number of aryl methyl sites for hydroxylation is 2. The molecule has 0 N–H and O–H groups in total. The normalized spacial score (nSPS) is 9.09. The van der Waals surface area contributed by atoms with Gasteiger partial charge in [-0.1, -0.05) is 12.1 Å². The SMILES string of the molecule is CCn1cccc([O-])c1=O.CCn1cccc([O-])c1=O.[O]=[V+2]. The van der Waals surface area contributed by atoms with Crippen LogP contribution in [0.15, 0.2) is 46.2 Å². The number of pyridine rings is 2. The number of aromatic nitrogens is 2. The molecule has 0 radical (unpaired) electrons. The molecule has 0 aliphatic heterocycles. The van der Waals surface area contributed by atoms with Gasteiger partial charge in [0.25, 0.3) is 0 Å².